The van der Waals surface area contributed by atoms with Gasteiger partial charge in [-0.3, -0.25) is 9.59 Å². The van der Waals surface area contributed by atoms with Crippen molar-refractivity contribution in [2.45, 2.75) is 39.3 Å². The van der Waals surface area contributed by atoms with Crippen LogP contribution in [0.2, 0.25) is 15.1 Å². The summed E-state index contributed by atoms with van der Waals surface area (Å²) >= 11 is 18.1. The number of amides is 2. The average Bonchev–Trinajstić information content (AvgIpc) is 2.71. The standard InChI is InChI=1S/C22H25Cl3N2O3/c1-3-26-22(29)15(2)27(14-16-6-7-18(24)13-20(16)25)21(28)5-4-12-30-19-10-8-17(23)9-11-19/h6-11,13,15H,3-5,12,14H2,1-2H3,(H,26,29). The SMILES string of the molecule is CCNC(=O)C(C)N(Cc1ccc(Cl)cc1Cl)C(=O)CCCOc1ccc(Cl)cc1. The number of nitrogens with one attached hydrogen (secondary N) is 1. The summed E-state index contributed by atoms with van der Waals surface area (Å²) in [6.07, 6.45) is 0.747. The zero-order valence-corrected chi connectivity index (χ0v) is 19.2. The molecule has 2 aromatic carbocycles. The summed E-state index contributed by atoms with van der Waals surface area (Å²) in [7, 11) is 0. The van der Waals surface area contributed by atoms with E-state index in [0.29, 0.717) is 40.4 Å². The van der Waals surface area contributed by atoms with Gasteiger partial charge in [-0.05, 0) is 62.2 Å². The van der Waals surface area contributed by atoms with Crippen LogP contribution in [0.15, 0.2) is 42.5 Å². The third-order valence-corrected chi connectivity index (χ3v) is 5.33. The first-order chi connectivity index (χ1) is 14.3. The average molecular weight is 472 g/mol. The number of hydrogen-bond donors (Lipinski definition) is 1. The highest BCUT2D eigenvalue weighted by Crippen LogP contribution is 2.23. The van der Waals surface area contributed by atoms with E-state index in [1.54, 1.807) is 49.4 Å². The number of likely N-dealkylation sites (N-methyl/N-ethyl adjacent to an activating group) is 1. The fourth-order valence-corrected chi connectivity index (χ4v) is 3.42. The van der Waals surface area contributed by atoms with Gasteiger partial charge < -0.3 is 15.0 Å². The van der Waals surface area contributed by atoms with Crippen LogP contribution >= 0.6 is 34.8 Å². The Morgan fingerprint density at radius 3 is 2.37 bits per heavy atom. The second-order valence-electron chi connectivity index (χ2n) is 6.73. The van der Waals surface area contributed by atoms with Crippen LogP contribution in [0.4, 0.5) is 0 Å². The van der Waals surface area contributed by atoms with E-state index in [4.69, 9.17) is 39.5 Å². The summed E-state index contributed by atoms with van der Waals surface area (Å²) in [5, 5.41) is 4.36. The van der Waals surface area contributed by atoms with E-state index in [2.05, 4.69) is 5.32 Å². The molecule has 5 nitrogen and oxygen atoms in total. The molecule has 0 aliphatic carbocycles. The maximum absolute atomic E-state index is 12.9. The van der Waals surface area contributed by atoms with Gasteiger partial charge in [0.1, 0.15) is 11.8 Å². The van der Waals surface area contributed by atoms with Gasteiger partial charge in [-0.15, -0.1) is 0 Å². The van der Waals surface area contributed by atoms with Gasteiger partial charge in [-0.25, -0.2) is 0 Å². The molecular formula is C22H25Cl3N2O3. The molecule has 2 amide bonds. The Morgan fingerprint density at radius 2 is 1.73 bits per heavy atom. The molecule has 0 aromatic heterocycles. The van der Waals surface area contributed by atoms with Crippen molar-refractivity contribution in [1.82, 2.24) is 10.2 Å². The Bertz CT molecular complexity index is 859. The Morgan fingerprint density at radius 1 is 1.07 bits per heavy atom. The van der Waals surface area contributed by atoms with Gasteiger partial charge in [-0.2, -0.15) is 0 Å². The minimum absolute atomic E-state index is 0.153. The lowest BCUT2D eigenvalue weighted by molar-refractivity contribution is -0.140. The summed E-state index contributed by atoms with van der Waals surface area (Å²) in [5.74, 6) is 0.320. The van der Waals surface area contributed by atoms with Crippen molar-refractivity contribution >= 4 is 46.6 Å². The topological polar surface area (TPSA) is 58.6 Å². The molecule has 0 saturated carbocycles. The first kappa shape index (κ1) is 24.3. The van der Waals surface area contributed by atoms with E-state index < -0.39 is 6.04 Å². The van der Waals surface area contributed by atoms with Gasteiger partial charge in [0.05, 0.1) is 6.61 Å². The number of carbonyl (C=O) groups excluding carboxylic acids is 2. The van der Waals surface area contributed by atoms with Crippen molar-refractivity contribution in [1.29, 1.82) is 0 Å². The molecule has 0 aliphatic rings. The predicted octanol–water partition coefficient (Wildman–Crippen LogP) is 5.36. The Labute approximate surface area is 192 Å². The van der Waals surface area contributed by atoms with E-state index in [1.807, 2.05) is 6.92 Å². The molecular weight excluding hydrogens is 447 g/mol. The lowest BCUT2D eigenvalue weighted by Crippen LogP contribution is -2.47. The van der Waals surface area contributed by atoms with E-state index in [0.717, 1.165) is 5.56 Å². The molecule has 0 saturated heterocycles. The van der Waals surface area contributed by atoms with E-state index in [9.17, 15) is 9.59 Å². The number of ether oxygens (including phenoxy) is 1. The van der Waals surface area contributed by atoms with Crippen LogP contribution in [-0.2, 0) is 16.1 Å². The lowest BCUT2D eigenvalue weighted by Gasteiger charge is -2.29. The second kappa shape index (κ2) is 12.0. The van der Waals surface area contributed by atoms with Gasteiger partial charge in [0.2, 0.25) is 11.8 Å². The Hall–Kier alpha value is -1.95. The molecule has 2 rings (SSSR count). The quantitative estimate of drug-likeness (QED) is 0.475. The summed E-state index contributed by atoms with van der Waals surface area (Å²) in [4.78, 5) is 26.8. The molecule has 0 radical (unpaired) electrons. The van der Waals surface area contributed by atoms with Crippen molar-refractivity contribution in [3.63, 3.8) is 0 Å². The van der Waals surface area contributed by atoms with Crippen LogP contribution in [0.1, 0.15) is 32.3 Å². The van der Waals surface area contributed by atoms with Crippen molar-refractivity contribution in [3.05, 3.63) is 63.1 Å². The molecule has 1 atom stereocenters. The van der Waals surface area contributed by atoms with Crippen molar-refractivity contribution in [2.24, 2.45) is 0 Å². The fourth-order valence-electron chi connectivity index (χ4n) is 2.83. The van der Waals surface area contributed by atoms with Crippen LogP contribution in [0.25, 0.3) is 0 Å². The zero-order valence-electron chi connectivity index (χ0n) is 17.0. The third-order valence-electron chi connectivity index (χ3n) is 4.49. The minimum Gasteiger partial charge on any atom is -0.494 e. The number of nitrogens with zero attached hydrogens (tertiary/aromatic N) is 1. The smallest absolute Gasteiger partial charge is 0.242 e. The molecule has 1 N–H and O–H groups in total. The van der Waals surface area contributed by atoms with Crippen molar-refractivity contribution in [3.8, 4) is 5.75 Å². The van der Waals surface area contributed by atoms with Gasteiger partial charge in [0.15, 0.2) is 0 Å². The predicted molar refractivity (Wildman–Crippen MR) is 121 cm³/mol. The van der Waals surface area contributed by atoms with Crippen molar-refractivity contribution < 1.29 is 14.3 Å². The van der Waals surface area contributed by atoms with Crippen LogP contribution in [-0.4, -0.2) is 35.9 Å². The molecule has 0 fully saturated rings. The maximum Gasteiger partial charge on any atom is 0.242 e. The van der Waals surface area contributed by atoms with Crippen LogP contribution in [0.5, 0.6) is 5.75 Å². The lowest BCUT2D eigenvalue weighted by atomic mass is 10.1. The molecule has 2 aromatic rings. The van der Waals surface area contributed by atoms with Crippen LogP contribution in [0.3, 0.4) is 0 Å². The normalized spacial score (nSPS) is 11.6. The second-order valence-corrected chi connectivity index (χ2v) is 8.01. The van der Waals surface area contributed by atoms with E-state index in [1.165, 1.54) is 4.90 Å². The number of hydrogen-bond acceptors (Lipinski definition) is 3. The number of carbonyl (C=O) groups is 2. The van der Waals surface area contributed by atoms with Gasteiger partial charge in [0, 0.05) is 34.6 Å². The molecule has 8 heteroatoms. The van der Waals surface area contributed by atoms with Crippen molar-refractivity contribution in [2.75, 3.05) is 13.2 Å². The van der Waals surface area contributed by atoms with Crippen LogP contribution < -0.4 is 10.1 Å². The summed E-state index contributed by atoms with van der Waals surface area (Å²) < 4.78 is 5.64. The third kappa shape index (κ3) is 7.38. The highest BCUT2D eigenvalue weighted by Gasteiger charge is 2.26. The maximum atomic E-state index is 12.9. The zero-order chi connectivity index (χ0) is 22.1. The first-order valence-corrected chi connectivity index (χ1v) is 10.8. The highest BCUT2D eigenvalue weighted by atomic mass is 35.5. The fraction of sp³-hybridized carbons (Fsp3) is 0.364. The molecule has 0 spiro atoms. The molecule has 1 unspecified atom stereocenters. The van der Waals surface area contributed by atoms with E-state index in [-0.39, 0.29) is 24.8 Å². The summed E-state index contributed by atoms with van der Waals surface area (Å²) in [6, 6.07) is 11.5. The first-order valence-electron chi connectivity index (χ1n) is 9.71. The molecule has 0 bridgehead atoms. The number of halogens is 3. The summed E-state index contributed by atoms with van der Waals surface area (Å²) in [6.45, 7) is 4.61. The van der Waals surface area contributed by atoms with E-state index >= 15 is 0 Å². The molecule has 162 valence electrons. The Kier molecular flexibility index (Phi) is 9.76. The van der Waals surface area contributed by atoms with Gasteiger partial charge >= 0.3 is 0 Å². The molecule has 30 heavy (non-hydrogen) atoms. The minimum atomic E-state index is -0.638. The summed E-state index contributed by atoms with van der Waals surface area (Å²) in [5.41, 5.74) is 0.725. The molecule has 0 aliphatic heterocycles. The van der Waals surface area contributed by atoms with Gasteiger partial charge in [-0.1, -0.05) is 40.9 Å². The molecule has 0 heterocycles. The number of benzene rings is 2. The highest BCUT2D eigenvalue weighted by molar-refractivity contribution is 6.35. The number of rotatable bonds is 10. The van der Waals surface area contributed by atoms with Gasteiger partial charge in [0.25, 0.3) is 0 Å². The monoisotopic (exact) mass is 470 g/mol. The Balaban J connectivity index is 2.01. The van der Waals surface area contributed by atoms with Crippen LogP contribution in [0, 0.1) is 0 Å². The largest absolute Gasteiger partial charge is 0.494 e.